The van der Waals surface area contributed by atoms with Crippen molar-refractivity contribution in [3.8, 4) is 22.6 Å². The van der Waals surface area contributed by atoms with Crippen LogP contribution in [0.25, 0.3) is 22.3 Å². The normalized spacial score (nSPS) is 11.6. The molecule has 2 heterocycles. The molecule has 4 rings (SSSR count). The van der Waals surface area contributed by atoms with Crippen molar-refractivity contribution in [2.45, 2.75) is 12.7 Å². The Labute approximate surface area is 174 Å². The highest BCUT2D eigenvalue weighted by molar-refractivity contribution is 5.78. The SMILES string of the molecule is COc1cc(Cn2c(=O)[nH]c3ncc(-c4cccc(C(F)(F)F)c4)cc32)cc(OC)c1. The topological polar surface area (TPSA) is 69.1 Å². The molecular weight excluding hydrogens is 411 g/mol. The van der Waals surface area contributed by atoms with Gasteiger partial charge in [-0.05, 0) is 41.5 Å². The van der Waals surface area contributed by atoms with Crippen LogP contribution < -0.4 is 15.2 Å². The van der Waals surface area contributed by atoms with E-state index in [1.807, 2.05) is 0 Å². The van der Waals surface area contributed by atoms with E-state index in [9.17, 15) is 18.0 Å². The smallest absolute Gasteiger partial charge is 0.416 e. The number of fused-ring (bicyclic) bond motifs is 1. The van der Waals surface area contributed by atoms with Gasteiger partial charge >= 0.3 is 11.9 Å². The highest BCUT2D eigenvalue weighted by Gasteiger charge is 2.30. The van der Waals surface area contributed by atoms with Gasteiger partial charge in [0.05, 0.1) is 31.8 Å². The molecule has 1 N–H and O–H groups in total. The van der Waals surface area contributed by atoms with Crippen molar-refractivity contribution in [2.75, 3.05) is 14.2 Å². The van der Waals surface area contributed by atoms with Crippen molar-refractivity contribution in [2.24, 2.45) is 0 Å². The number of imidazole rings is 1. The summed E-state index contributed by atoms with van der Waals surface area (Å²) in [5.74, 6) is 1.15. The molecule has 0 aliphatic heterocycles. The Hall–Kier alpha value is -3.75. The summed E-state index contributed by atoms with van der Waals surface area (Å²) in [5.41, 5.74) is 1.26. The lowest BCUT2D eigenvalue weighted by molar-refractivity contribution is -0.137. The fraction of sp³-hybridized carbons (Fsp3) is 0.182. The van der Waals surface area contributed by atoms with Crippen molar-refractivity contribution in [3.63, 3.8) is 0 Å². The van der Waals surface area contributed by atoms with Gasteiger partial charge in [0.15, 0.2) is 5.65 Å². The summed E-state index contributed by atoms with van der Waals surface area (Å²) >= 11 is 0. The van der Waals surface area contributed by atoms with Gasteiger partial charge < -0.3 is 9.47 Å². The van der Waals surface area contributed by atoms with Gasteiger partial charge in [-0.3, -0.25) is 9.55 Å². The number of hydrogen-bond donors (Lipinski definition) is 1. The summed E-state index contributed by atoms with van der Waals surface area (Å²) in [6, 6.07) is 11.9. The molecule has 0 spiro atoms. The van der Waals surface area contributed by atoms with E-state index in [1.165, 1.54) is 31.0 Å². The maximum absolute atomic E-state index is 13.1. The number of aromatic nitrogens is 3. The van der Waals surface area contributed by atoms with Gasteiger partial charge in [-0.1, -0.05) is 12.1 Å². The molecule has 0 saturated carbocycles. The summed E-state index contributed by atoms with van der Waals surface area (Å²) in [7, 11) is 3.06. The van der Waals surface area contributed by atoms with Crippen LogP contribution in [-0.2, 0) is 12.7 Å². The van der Waals surface area contributed by atoms with E-state index in [-0.39, 0.29) is 12.2 Å². The minimum absolute atomic E-state index is 0.195. The fourth-order valence-corrected chi connectivity index (χ4v) is 3.36. The van der Waals surface area contributed by atoms with Crippen LogP contribution in [0, 0.1) is 0 Å². The number of aromatic amines is 1. The van der Waals surface area contributed by atoms with Crippen LogP contribution in [-0.4, -0.2) is 28.8 Å². The van der Waals surface area contributed by atoms with E-state index in [0.29, 0.717) is 33.8 Å². The van der Waals surface area contributed by atoms with Crippen LogP contribution in [0.1, 0.15) is 11.1 Å². The summed E-state index contributed by atoms with van der Waals surface area (Å²) in [4.78, 5) is 19.4. The molecule has 0 aliphatic rings. The fourth-order valence-electron chi connectivity index (χ4n) is 3.36. The largest absolute Gasteiger partial charge is 0.497 e. The molecule has 0 fully saturated rings. The lowest BCUT2D eigenvalue weighted by Crippen LogP contribution is -2.17. The minimum atomic E-state index is -4.45. The number of methoxy groups -OCH3 is 2. The molecule has 0 amide bonds. The number of rotatable bonds is 5. The maximum atomic E-state index is 13.1. The molecule has 160 valence electrons. The second kappa shape index (κ2) is 7.82. The van der Waals surface area contributed by atoms with Crippen LogP contribution in [0.15, 0.2) is 59.5 Å². The van der Waals surface area contributed by atoms with E-state index in [1.54, 1.807) is 30.3 Å². The van der Waals surface area contributed by atoms with Gasteiger partial charge in [-0.2, -0.15) is 13.2 Å². The van der Waals surface area contributed by atoms with Crippen molar-refractivity contribution < 1.29 is 22.6 Å². The number of halogens is 3. The molecule has 0 atom stereocenters. The van der Waals surface area contributed by atoms with E-state index in [2.05, 4.69) is 9.97 Å². The predicted molar refractivity (Wildman–Crippen MR) is 109 cm³/mol. The molecule has 6 nitrogen and oxygen atoms in total. The second-order valence-corrected chi connectivity index (χ2v) is 6.91. The first kappa shape index (κ1) is 20.5. The Bertz CT molecular complexity index is 1290. The van der Waals surface area contributed by atoms with Gasteiger partial charge in [0.2, 0.25) is 0 Å². The van der Waals surface area contributed by atoms with Crippen molar-refractivity contribution in [1.29, 1.82) is 0 Å². The van der Waals surface area contributed by atoms with Crippen LogP contribution in [0.2, 0.25) is 0 Å². The zero-order valence-corrected chi connectivity index (χ0v) is 16.7. The summed E-state index contributed by atoms with van der Waals surface area (Å²) in [6.45, 7) is 0.195. The van der Waals surface area contributed by atoms with Crippen molar-refractivity contribution in [3.05, 3.63) is 76.3 Å². The first-order valence-corrected chi connectivity index (χ1v) is 9.26. The Morgan fingerprint density at radius 2 is 1.71 bits per heavy atom. The quantitative estimate of drug-likeness (QED) is 0.508. The van der Waals surface area contributed by atoms with E-state index >= 15 is 0 Å². The number of nitrogens with one attached hydrogen (secondary N) is 1. The monoisotopic (exact) mass is 429 g/mol. The van der Waals surface area contributed by atoms with Gasteiger partial charge in [0.25, 0.3) is 0 Å². The number of benzene rings is 2. The standard InChI is InChI=1S/C22H18F3N3O3/c1-30-17-6-13(7-18(10-17)31-2)12-28-19-9-15(11-26-20(19)27-21(28)29)14-4-3-5-16(8-14)22(23,24)25/h3-11H,12H2,1-2H3,(H,26,27,29). The van der Waals surface area contributed by atoms with Crippen molar-refractivity contribution >= 4 is 11.2 Å². The average Bonchev–Trinajstić information content (AvgIpc) is 3.07. The molecule has 0 saturated heterocycles. The summed E-state index contributed by atoms with van der Waals surface area (Å²) < 4.78 is 51.3. The molecule has 0 unspecified atom stereocenters. The molecule has 9 heteroatoms. The number of nitrogens with zero attached hydrogens (tertiary/aromatic N) is 2. The zero-order chi connectivity index (χ0) is 22.2. The number of H-pyrrole nitrogens is 1. The third-order valence-electron chi connectivity index (χ3n) is 4.90. The highest BCUT2D eigenvalue weighted by Crippen LogP contribution is 2.32. The van der Waals surface area contributed by atoms with Gasteiger partial charge in [-0.25, -0.2) is 9.78 Å². The third kappa shape index (κ3) is 4.11. The Balaban J connectivity index is 1.78. The molecule has 2 aromatic carbocycles. The maximum Gasteiger partial charge on any atom is 0.416 e. The number of hydrogen-bond acceptors (Lipinski definition) is 4. The van der Waals surface area contributed by atoms with Gasteiger partial charge in [0.1, 0.15) is 11.5 Å². The molecule has 0 aliphatic carbocycles. The molecule has 0 radical (unpaired) electrons. The molecular formula is C22H18F3N3O3. The first-order valence-electron chi connectivity index (χ1n) is 9.26. The lowest BCUT2D eigenvalue weighted by atomic mass is 10.0. The van der Waals surface area contributed by atoms with Crippen molar-refractivity contribution in [1.82, 2.24) is 14.5 Å². The first-order chi connectivity index (χ1) is 14.8. The van der Waals surface area contributed by atoms with Crippen LogP contribution in [0.3, 0.4) is 0 Å². The van der Waals surface area contributed by atoms with E-state index in [0.717, 1.165) is 17.7 Å². The zero-order valence-electron chi connectivity index (χ0n) is 16.7. The van der Waals surface area contributed by atoms with E-state index < -0.39 is 11.7 Å². The van der Waals surface area contributed by atoms with Crippen LogP contribution >= 0.6 is 0 Å². The predicted octanol–water partition coefficient (Wildman–Crippen LogP) is 4.48. The summed E-state index contributed by atoms with van der Waals surface area (Å²) in [6.07, 6.45) is -3.01. The lowest BCUT2D eigenvalue weighted by Gasteiger charge is -2.10. The van der Waals surface area contributed by atoms with Crippen LogP contribution in [0.4, 0.5) is 13.2 Å². The van der Waals surface area contributed by atoms with E-state index in [4.69, 9.17) is 9.47 Å². The van der Waals surface area contributed by atoms with Crippen LogP contribution in [0.5, 0.6) is 11.5 Å². The molecule has 4 aromatic rings. The summed E-state index contributed by atoms with van der Waals surface area (Å²) in [5, 5.41) is 0. The number of pyridine rings is 1. The number of ether oxygens (including phenoxy) is 2. The Kier molecular flexibility index (Phi) is 5.18. The second-order valence-electron chi connectivity index (χ2n) is 6.91. The average molecular weight is 429 g/mol. The van der Waals surface area contributed by atoms with Gasteiger partial charge in [0, 0.05) is 17.8 Å². The Morgan fingerprint density at radius 3 is 2.35 bits per heavy atom. The molecule has 0 bridgehead atoms. The minimum Gasteiger partial charge on any atom is -0.497 e. The Morgan fingerprint density at radius 1 is 1.00 bits per heavy atom. The number of alkyl halides is 3. The highest BCUT2D eigenvalue weighted by atomic mass is 19.4. The van der Waals surface area contributed by atoms with Gasteiger partial charge in [-0.15, -0.1) is 0 Å². The molecule has 31 heavy (non-hydrogen) atoms. The third-order valence-corrected chi connectivity index (χ3v) is 4.90. The molecule has 2 aromatic heterocycles.